The van der Waals surface area contributed by atoms with Crippen LogP contribution in [0.25, 0.3) is 0 Å². The Balaban J connectivity index is 2.13. The zero-order valence-corrected chi connectivity index (χ0v) is 11.1. The Labute approximate surface area is 105 Å². The molecule has 1 aromatic carbocycles. The lowest BCUT2D eigenvalue weighted by Gasteiger charge is -2.23. The molecule has 1 fully saturated rings. The van der Waals surface area contributed by atoms with Crippen LogP contribution in [0, 0.1) is 18.7 Å². The van der Waals surface area contributed by atoms with Crippen LogP contribution in [0.1, 0.15) is 24.0 Å². The lowest BCUT2D eigenvalue weighted by atomic mass is 9.90. The van der Waals surface area contributed by atoms with Gasteiger partial charge in [0.25, 0.3) is 0 Å². The average molecular weight is 286 g/mol. The Hall–Kier alpha value is -0.410. The second kappa shape index (κ2) is 5.28. The summed E-state index contributed by atoms with van der Waals surface area (Å²) in [6.45, 7) is 4.13. The molecule has 88 valence electrons. The molecular weight excluding hydrogens is 269 g/mol. The molecule has 1 nitrogen and oxygen atoms in total. The molecule has 0 aliphatic carbocycles. The van der Waals surface area contributed by atoms with Crippen LogP contribution in [-0.2, 0) is 6.42 Å². The summed E-state index contributed by atoms with van der Waals surface area (Å²) in [5, 5.41) is 3.35. The maximum atomic E-state index is 13.5. The van der Waals surface area contributed by atoms with Gasteiger partial charge in [-0.25, -0.2) is 4.39 Å². The minimum atomic E-state index is -0.135. The summed E-state index contributed by atoms with van der Waals surface area (Å²) in [5.41, 5.74) is 2.12. The second-order valence-corrected chi connectivity index (χ2v) is 5.41. The van der Waals surface area contributed by atoms with Gasteiger partial charge in [-0.15, -0.1) is 0 Å². The first-order valence-corrected chi connectivity index (χ1v) is 6.61. The van der Waals surface area contributed by atoms with Crippen LogP contribution < -0.4 is 5.32 Å². The molecule has 1 aliphatic rings. The fraction of sp³-hybridized carbons (Fsp3) is 0.538. The van der Waals surface area contributed by atoms with Crippen molar-refractivity contribution in [1.82, 2.24) is 5.32 Å². The number of rotatable bonds is 2. The van der Waals surface area contributed by atoms with Crippen molar-refractivity contribution in [2.75, 3.05) is 13.1 Å². The normalized spacial score (nSPS) is 17.7. The summed E-state index contributed by atoms with van der Waals surface area (Å²) in [6.07, 6.45) is 3.38. The van der Waals surface area contributed by atoms with Crippen LogP contribution in [0.2, 0.25) is 0 Å². The van der Waals surface area contributed by atoms with Gasteiger partial charge in [0.15, 0.2) is 0 Å². The van der Waals surface area contributed by atoms with E-state index in [1.54, 1.807) is 6.07 Å². The van der Waals surface area contributed by atoms with Crippen LogP contribution in [0.5, 0.6) is 0 Å². The zero-order chi connectivity index (χ0) is 11.5. The van der Waals surface area contributed by atoms with E-state index in [9.17, 15) is 4.39 Å². The highest BCUT2D eigenvalue weighted by Crippen LogP contribution is 2.27. The first-order valence-electron chi connectivity index (χ1n) is 5.82. The van der Waals surface area contributed by atoms with Crippen molar-refractivity contribution in [3.8, 4) is 0 Å². The highest BCUT2D eigenvalue weighted by molar-refractivity contribution is 9.10. The number of benzene rings is 1. The van der Waals surface area contributed by atoms with E-state index >= 15 is 0 Å². The van der Waals surface area contributed by atoms with Crippen molar-refractivity contribution in [3.05, 3.63) is 33.5 Å². The summed E-state index contributed by atoms with van der Waals surface area (Å²) in [4.78, 5) is 0. The van der Waals surface area contributed by atoms with E-state index in [4.69, 9.17) is 0 Å². The number of aryl methyl sites for hydroxylation is 1. The molecule has 1 heterocycles. The monoisotopic (exact) mass is 285 g/mol. The molecule has 2 rings (SSSR count). The topological polar surface area (TPSA) is 12.0 Å². The van der Waals surface area contributed by atoms with E-state index < -0.39 is 0 Å². The summed E-state index contributed by atoms with van der Waals surface area (Å²) in [5.74, 6) is 0.558. The molecule has 0 aromatic heterocycles. The lowest BCUT2D eigenvalue weighted by Crippen LogP contribution is -2.28. The van der Waals surface area contributed by atoms with Gasteiger partial charge in [-0.1, -0.05) is 6.07 Å². The van der Waals surface area contributed by atoms with Gasteiger partial charge in [-0.2, -0.15) is 0 Å². The highest BCUT2D eigenvalue weighted by Gasteiger charge is 2.16. The van der Waals surface area contributed by atoms with E-state index in [0.29, 0.717) is 10.4 Å². The second-order valence-electron chi connectivity index (χ2n) is 4.62. The quantitative estimate of drug-likeness (QED) is 0.878. The van der Waals surface area contributed by atoms with E-state index in [2.05, 4.69) is 27.3 Å². The minimum absolute atomic E-state index is 0.135. The maximum Gasteiger partial charge on any atom is 0.137 e. The molecule has 0 unspecified atom stereocenters. The molecule has 0 spiro atoms. The molecular formula is C13H17BrFN. The molecule has 1 saturated heterocycles. The van der Waals surface area contributed by atoms with Crippen LogP contribution in [0.3, 0.4) is 0 Å². The van der Waals surface area contributed by atoms with Crippen LogP contribution in [-0.4, -0.2) is 13.1 Å². The van der Waals surface area contributed by atoms with Crippen molar-refractivity contribution in [3.63, 3.8) is 0 Å². The maximum absolute atomic E-state index is 13.5. The van der Waals surface area contributed by atoms with Crippen molar-refractivity contribution in [2.45, 2.75) is 26.2 Å². The van der Waals surface area contributed by atoms with E-state index in [-0.39, 0.29) is 5.82 Å². The molecule has 1 aromatic rings. The molecule has 0 saturated carbocycles. The molecule has 0 bridgehead atoms. The minimum Gasteiger partial charge on any atom is -0.317 e. The van der Waals surface area contributed by atoms with Gasteiger partial charge >= 0.3 is 0 Å². The van der Waals surface area contributed by atoms with E-state index in [1.807, 2.05) is 6.92 Å². The Morgan fingerprint density at radius 3 is 2.75 bits per heavy atom. The van der Waals surface area contributed by atoms with Gasteiger partial charge in [0.1, 0.15) is 5.82 Å². The SMILES string of the molecule is Cc1cc(F)c(Br)c(CC2CCNCC2)c1. The molecule has 1 aliphatic heterocycles. The number of hydrogen-bond donors (Lipinski definition) is 1. The van der Waals surface area contributed by atoms with Gasteiger partial charge in [-0.3, -0.25) is 0 Å². The first kappa shape index (κ1) is 12.1. The van der Waals surface area contributed by atoms with Crippen molar-refractivity contribution in [2.24, 2.45) is 5.92 Å². The summed E-state index contributed by atoms with van der Waals surface area (Å²) in [6, 6.07) is 3.67. The third kappa shape index (κ3) is 2.83. The summed E-state index contributed by atoms with van der Waals surface area (Å²) >= 11 is 3.35. The fourth-order valence-electron chi connectivity index (χ4n) is 2.34. The summed E-state index contributed by atoms with van der Waals surface area (Å²) < 4.78 is 14.2. The van der Waals surface area contributed by atoms with Crippen LogP contribution in [0.15, 0.2) is 16.6 Å². The molecule has 0 amide bonds. The van der Waals surface area contributed by atoms with Crippen molar-refractivity contribution < 1.29 is 4.39 Å². The van der Waals surface area contributed by atoms with Crippen LogP contribution >= 0.6 is 15.9 Å². The Kier molecular flexibility index (Phi) is 3.98. The number of piperidine rings is 1. The van der Waals surface area contributed by atoms with E-state index in [1.165, 1.54) is 12.8 Å². The number of nitrogens with one attached hydrogen (secondary N) is 1. The van der Waals surface area contributed by atoms with Crippen LogP contribution in [0.4, 0.5) is 4.39 Å². The third-order valence-electron chi connectivity index (χ3n) is 3.22. The molecule has 3 heteroatoms. The smallest absolute Gasteiger partial charge is 0.137 e. The fourth-order valence-corrected chi connectivity index (χ4v) is 2.73. The molecule has 1 N–H and O–H groups in total. The van der Waals surface area contributed by atoms with Gasteiger partial charge in [0, 0.05) is 0 Å². The van der Waals surface area contributed by atoms with Gasteiger partial charge < -0.3 is 5.32 Å². The third-order valence-corrected chi connectivity index (χ3v) is 4.10. The predicted octanol–water partition coefficient (Wildman–Crippen LogP) is 3.44. The number of halogens is 2. The number of hydrogen-bond acceptors (Lipinski definition) is 1. The molecule has 16 heavy (non-hydrogen) atoms. The zero-order valence-electron chi connectivity index (χ0n) is 9.52. The van der Waals surface area contributed by atoms with Crippen molar-refractivity contribution >= 4 is 15.9 Å². The first-order chi connectivity index (χ1) is 7.66. The standard InChI is InChI=1S/C13H17BrFN/c1-9-6-11(13(14)12(15)7-9)8-10-2-4-16-5-3-10/h6-7,10,16H,2-5,8H2,1H3. The van der Waals surface area contributed by atoms with Crippen molar-refractivity contribution in [1.29, 1.82) is 0 Å². The lowest BCUT2D eigenvalue weighted by molar-refractivity contribution is 0.372. The Bertz CT molecular complexity index is 372. The predicted molar refractivity (Wildman–Crippen MR) is 68.1 cm³/mol. The van der Waals surface area contributed by atoms with E-state index in [0.717, 1.165) is 30.6 Å². The highest BCUT2D eigenvalue weighted by atomic mass is 79.9. The van der Waals surface area contributed by atoms with Gasteiger partial charge in [-0.05, 0) is 78.3 Å². The Morgan fingerprint density at radius 2 is 2.06 bits per heavy atom. The van der Waals surface area contributed by atoms with Gasteiger partial charge in [0.05, 0.1) is 4.47 Å². The van der Waals surface area contributed by atoms with Gasteiger partial charge in [0.2, 0.25) is 0 Å². The average Bonchev–Trinajstić information content (AvgIpc) is 2.27. The molecule has 0 radical (unpaired) electrons. The Morgan fingerprint density at radius 1 is 1.38 bits per heavy atom. The molecule has 0 atom stereocenters. The largest absolute Gasteiger partial charge is 0.317 e. The summed E-state index contributed by atoms with van der Waals surface area (Å²) in [7, 11) is 0.